The van der Waals surface area contributed by atoms with Crippen LogP contribution in [0.25, 0.3) is 0 Å². The number of nitrogens with zero attached hydrogens (tertiary/aromatic N) is 1. The summed E-state index contributed by atoms with van der Waals surface area (Å²) in [6.45, 7) is 4.21. The van der Waals surface area contributed by atoms with E-state index in [1.807, 2.05) is 30.3 Å². The average molecular weight is 216 g/mol. The van der Waals surface area contributed by atoms with Crippen LogP contribution in [-0.4, -0.2) is 18.6 Å². The van der Waals surface area contributed by atoms with Crippen LogP contribution in [0.2, 0.25) is 0 Å². The fourth-order valence-electron chi connectivity index (χ4n) is 1.52. The molecule has 0 unspecified atom stereocenters. The van der Waals surface area contributed by atoms with E-state index in [-0.39, 0.29) is 6.03 Å². The van der Waals surface area contributed by atoms with Gasteiger partial charge in [-0.3, -0.25) is 4.90 Å². The number of amides is 2. The lowest BCUT2D eigenvalue weighted by Crippen LogP contribution is -2.41. The van der Waals surface area contributed by atoms with Gasteiger partial charge < -0.3 is 5.32 Å². The molecule has 84 valence electrons. The minimum absolute atomic E-state index is 0.0337. The Balaban J connectivity index is 2.09. The van der Waals surface area contributed by atoms with Crippen LogP contribution in [0.5, 0.6) is 0 Å². The van der Waals surface area contributed by atoms with Crippen LogP contribution in [0.1, 0.15) is 12.8 Å². The predicted octanol–water partition coefficient (Wildman–Crippen LogP) is 2.55. The van der Waals surface area contributed by atoms with Crippen molar-refractivity contribution < 1.29 is 4.79 Å². The van der Waals surface area contributed by atoms with Crippen molar-refractivity contribution in [3.63, 3.8) is 0 Å². The predicted molar refractivity (Wildman–Crippen MR) is 65.5 cm³/mol. The molecule has 1 aromatic carbocycles. The van der Waals surface area contributed by atoms with Crippen LogP contribution >= 0.6 is 0 Å². The van der Waals surface area contributed by atoms with Crippen molar-refractivity contribution in [3.8, 4) is 0 Å². The van der Waals surface area contributed by atoms with Gasteiger partial charge in [-0.2, -0.15) is 0 Å². The topological polar surface area (TPSA) is 32.3 Å². The third-order valence-corrected chi connectivity index (χ3v) is 2.53. The Morgan fingerprint density at radius 1 is 1.44 bits per heavy atom. The van der Waals surface area contributed by atoms with Gasteiger partial charge in [0.05, 0.1) is 0 Å². The minimum atomic E-state index is -0.0337. The van der Waals surface area contributed by atoms with Gasteiger partial charge in [0, 0.05) is 18.3 Å². The molecule has 0 atom stereocenters. The van der Waals surface area contributed by atoms with Gasteiger partial charge in [0.25, 0.3) is 0 Å². The van der Waals surface area contributed by atoms with E-state index in [1.54, 1.807) is 11.0 Å². The highest BCUT2D eigenvalue weighted by Crippen LogP contribution is 2.20. The third-order valence-electron chi connectivity index (χ3n) is 2.53. The van der Waals surface area contributed by atoms with E-state index in [2.05, 4.69) is 11.9 Å². The van der Waals surface area contributed by atoms with Gasteiger partial charge in [0.2, 0.25) is 0 Å². The molecule has 0 heterocycles. The summed E-state index contributed by atoms with van der Waals surface area (Å²) in [7, 11) is 0. The Bertz CT molecular complexity index is 371. The quantitative estimate of drug-likeness (QED) is 0.771. The SMILES string of the molecule is C=CCN(C(=O)NC1CC1)c1ccccc1. The zero-order valence-electron chi connectivity index (χ0n) is 9.23. The summed E-state index contributed by atoms with van der Waals surface area (Å²) < 4.78 is 0. The van der Waals surface area contributed by atoms with Crippen LogP contribution in [0, 0.1) is 0 Å². The first-order valence-electron chi connectivity index (χ1n) is 5.55. The van der Waals surface area contributed by atoms with E-state index < -0.39 is 0 Å². The zero-order valence-corrected chi connectivity index (χ0v) is 9.23. The Morgan fingerprint density at radius 2 is 2.12 bits per heavy atom. The molecular formula is C13H16N2O. The lowest BCUT2D eigenvalue weighted by Gasteiger charge is -2.21. The molecule has 16 heavy (non-hydrogen) atoms. The summed E-state index contributed by atoms with van der Waals surface area (Å²) in [5.74, 6) is 0. The molecule has 1 N–H and O–H groups in total. The fraction of sp³-hybridized carbons (Fsp3) is 0.308. The van der Waals surface area contributed by atoms with E-state index in [9.17, 15) is 4.79 Å². The highest BCUT2D eigenvalue weighted by molar-refractivity contribution is 5.92. The Morgan fingerprint density at radius 3 is 2.69 bits per heavy atom. The molecule has 0 aliphatic heterocycles. The number of anilines is 1. The van der Waals surface area contributed by atoms with Gasteiger partial charge in [-0.1, -0.05) is 24.3 Å². The van der Waals surface area contributed by atoms with Crippen molar-refractivity contribution in [2.45, 2.75) is 18.9 Å². The number of hydrogen-bond donors (Lipinski definition) is 1. The molecule has 1 aliphatic carbocycles. The first kappa shape index (κ1) is 10.7. The van der Waals surface area contributed by atoms with Gasteiger partial charge >= 0.3 is 6.03 Å². The monoisotopic (exact) mass is 216 g/mol. The maximum Gasteiger partial charge on any atom is 0.322 e. The summed E-state index contributed by atoms with van der Waals surface area (Å²) in [6.07, 6.45) is 3.93. The maximum absolute atomic E-state index is 12.0. The number of urea groups is 1. The second kappa shape index (κ2) is 4.84. The molecule has 3 nitrogen and oxygen atoms in total. The van der Waals surface area contributed by atoms with Crippen molar-refractivity contribution in [1.82, 2.24) is 5.32 Å². The van der Waals surface area contributed by atoms with Gasteiger partial charge in [-0.25, -0.2) is 4.79 Å². The van der Waals surface area contributed by atoms with E-state index >= 15 is 0 Å². The molecular weight excluding hydrogens is 200 g/mol. The number of rotatable bonds is 4. The molecule has 0 saturated heterocycles. The van der Waals surface area contributed by atoms with Gasteiger partial charge in [-0.15, -0.1) is 6.58 Å². The molecule has 0 bridgehead atoms. The average Bonchev–Trinajstić information content (AvgIpc) is 3.11. The van der Waals surface area contributed by atoms with Crippen molar-refractivity contribution >= 4 is 11.7 Å². The summed E-state index contributed by atoms with van der Waals surface area (Å²) in [5, 5.41) is 2.98. The normalized spacial score (nSPS) is 14.2. The molecule has 2 amide bonds. The van der Waals surface area contributed by atoms with Crippen molar-refractivity contribution in [2.24, 2.45) is 0 Å². The maximum atomic E-state index is 12.0. The van der Waals surface area contributed by atoms with Crippen LogP contribution in [-0.2, 0) is 0 Å². The molecule has 1 saturated carbocycles. The molecule has 0 spiro atoms. The third kappa shape index (κ3) is 2.63. The molecule has 0 radical (unpaired) electrons. The van der Waals surface area contributed by atoms with Gasteiger partial charge in [0.1, 0.15) is 0 Å². The van der Waals surface area contributed by atoms with E-state index in [0.29, 0.717) is 12.6 Å². The molecule has 1 aliphatic rings. The molecule has 1 fully saturated rings. The van der Waals surface area contributed by atoms with E-state index in [0.717, 1.165) is 18.5 Å². The first-order valence-corrected chi connectivity index (χ1v) is 5.55. The minimum Gasteiger partial charge on any atom is -0.335 e. The fourth-order valence-corrected chi connectivity index (χ4v) is 1.52. The summed E-state index contributed by atoms with van der Waals surface area (Å²) in [5.41, 5.74) is 0.903. The number of benzene rings is 1. The van der Waals surface area contributed by atoms with Crippen LogP contribution in [0.15, 0.2) is 43.0 Å². The zero-order chi connectivity index (χ0) is 11.4. The number of nitrogens with one attached hydrogen (secondary N) is 1. The summed E-state index contributed by atoms with van der Waals surface area (Å²) in [4.78, 5) is 13.7. The molecule has 2 rings (SSSR count). The summed E-state index contributed by atoms with van der Waals surface area (Å²) in [6, 6.07) is 9.99. The molecule has 1 aromatic rings. The van der Waals surface area contributed by atoms with Crippen molar-refractivity contribution in [1.29, 1.82) is 0 Å². The van der Waals surface area contributed by atoms with Crippen LogP contribution in [0.4, 0.5) is 10.5 Å². The second-order valence-electron chi connectivity index (χ2n) is 3.96. The number of para-hydroxylation sites is 1. The van der Waals surface area contributed by atoms with Crippen LogP contribution < -0.4 is 10.2 Å². The van der Waals surface area contributed by atoms with Crippen molar-refractivity contribution in [3.05, 3.63) is 43.0 Å². The van der Waals surface area contributed by atoms with Crippen LogP contribution in [0.3, 0.4) is 0 Å². The number of hydrogen-bond acceptors (Lipinski definition) is 1. The Kier molecular flexibility index (Phi) is 3.25. The largest absolute Gasteiger partial charge is 0.335 e. The van der Waals surface area contributed by atoms with E-state index in [4.69, 9.17) is 0 Å². The lowest BCUT2D eigenvalue weighted by molar-refractivity contribution is 0.246. The molecule has 0 aromatic heterocycles. The lowest BCUT2D eigenvalue weighted by atomic mass is 10.3. The number of carbonyl (C=O) groups excluding carboxylic acids is 1. The smallest absolute Gasteiger partial charge is 0.322 e. The standard InChI is InChI=1S/C13H16N2O/c1-2-10-15(12-6-4-3-5-7-12)13(16)14-11-8-9-11/h2-7,11H,1,8-10H2,(H,14,16). The first-order chi connectivity index (χ1) is 7.81. The van der Waals surface area contributed by atoms with Gasteiger partial charge in [0.15, 0.2) is 0 Å². The van der Waals surface area contributed by atoms with Gasteiger partial charge in [-0.05, 0) is 25.0 Å². The molecule has 3 heteroatoms. The number of carbonyl (C=O) groups is 1. The highest BCUT2D eigenvalue weighted by Gasteiger charge is 2.25. The highest BCUT2D eigenvalue weighted by atomic mass is 16.2. The Hall–Kier alpha value is -1.77. The summed E-state index contributed by atoms with van der Waals surface area (Å²) >= 11 is 0. The van der Waals surface area contributed by atoms with Crippen molar-refractivity contribution in [2.75, 3.05) is 11.4 Å². The van der Waals surface area contributed by atoms with E-state index in [1.165, 1.54) is 0 Å². The second-order valence-corrected chi connectivity index (χ2v) is 3.96. The Labute approximate surface area is 95.8 Å².